The molecule has 328 valence electrons. The smallest absolute Gasteiger partial charge is 0.109 e. The molecule has 0 saturated carbocycles. The molecular weight excluding hydrogens is 692 g/mol. The van der Waals surface area contributed by atoms with Crippen LogP contribution in [0.25, 0.3) is 0 Å². The summed E-state index contributed by atoms with van der Waals surface area (Å²) in [5, 5.41) is 92.1. The van der Waals surface area contributed by atoms with Gasteiger partial charge in [-0.15, -0.1) is 0 Å². The summed E-state index contributed by atoms with van der Waals surface area (Å²) in [5.74, 6) is -0.127. The van der Waals surface area contributed by atoms with E-state index in [2.05, 4.69) is 0 Å². The first kappa shape index (κ1) is 61.7. The normalized spacial score (nSPS) is 41.3. The molecular formula is C39H88O14. The fourth-order valence-corrected chi connectivity index (χ4v) is 5.14. The maximum atomic E-state index is 9.48. The molecule has 4 rings (SSSR count). The summed E-state index contributed by atoms with van der Waals surface area (Å²) in [6.07, 6.45) is -7.63. The predicted octanol–water partition coefficient (Wildman–Crippen LogP) is 2.51. The van der Waals surface area contributed by atoms with Crippen molar-refractivity contribution in [2.45, 2.75) is 204 Å². The van der Waals surface area contributed by atoms with Gasteiger partial charge in [-0.2, -0.15) is 0 Å². The second-order valence-electron chi connectivity index (χ2n) is 12.7. The Morgan fingerprint density at radius 3 is 0.811 bits per heavy atom. The highest BCUT2D eigenvalue weighted by molar-refractivity contribution is 4.89. The molecule has 53 heavy (non-hydrogen) atoms. The van der Waals surface area contributed by atoms with Gasteiger partial charge in [0.1, 0.15) is 36.6 Å². The fraction of sp³-hybridized carbons (Fsp3) is 1.00. The summed E-state index contributed by atoms with van der Waals surface area (Å²) in [4.78, 5) is 0. The van der Waals surface area contributed by atoms with Gasteiger partial charge in [0.15, 0.2) is 0 Å². The van der Waals surface area contributed by atoms with Crippen LogP contribution in [0.2, 0.25) is 0 Å². The first-order valence-corrected chi connectivity index (χ1v) is 19.6. The molecule has 0 aromatic rings. The maximum absolute atomic E-state index is 9.48. The van der Waals surface area contributed by atoms with Crippen molar-refractivity contribution in [3.8, 4) is 0 Å². The Kier molecular flexibility index (Phi) is 40.3. The summed E-state index contributed by atoms with van der Waals surface area (Å²) >= 11 is 0. The van der Waals surface area contributed by atoms with E-state index in [1.54, 1.807) is 0 Å². The highest BCUT2D eigenvalue weighted by atomic mass is 16.5. The quantitative estimate of drug-likeness (QED) is 0.194. The van der Waals surface area contributed by atoms with Crippen molar-refractivity contribution < 1.29 is 70.0 Å². The van der Waals surface area contributed by atoms with Crippen molar-refractivity contribution in [2.24, 2.45) is 23.7 Å². The van der Waals surface area contributed by atoms with E-state index in [0.29, 0.717) is 0 Å². The van der Waals surface area contributed by atoms with E-state index in [0.717, 1.165) is 0 Å². The molecule has 18 atom stereocenters. The standard InChI is InChI=1S/2C8H16O4.2C7H14O3.4C2H6.CH4/c2*1-4-5(2)12-6(3-9)8(11)7(4)10;2*1-4-5(2)10-3-6(8)7(4)9;4*1-2;/h2*4-11H,3H2,1-2H3;2*4-9H,3H2,1-2H3;4*1-2H3;1H4/t4-,5-,6+,7+,8+;4-,5-,6+,7+,8-;4-,5-,6+,7+;4-,5-,6-,7+;;;;;/m0000...../s1. The zero-order chi connectivity index (χ0) is 42.0. The Labute approximate surface area is 323 Å². The highest BCUT2D eigenvalue weighted by Crippen LogP contribution is 2.26. The molecule has 14 nitrogen and oxygen atoms in total. The minimum atomic E-state index is -0.971. The molecule has 0 aromatic carbocycles. The van der Waals surface area contributed by atoms with E-state index >= 15 is 0 Å². The molecule has 4 fully saturated rings. The van der Waals surface area contributed by atoms with Gasteiger partial charge in [-0.3, -0.25) is 0 Å². The lowest BCUT2D eigenvalue weighted by atomic mass is 9.89. The lowest BCUT2D eigenvalue weighted by Gasteiger charge is -2.39. The van der Waals surface area contributed by atoms with Crippen LogP contribution in [-0.4, -0.2) is 163 Å². The van der Waals surface area contributed by atoms with Crippen LogP contribution >= 0.6 is 0 Å². The number of aliphatic hydroxyl groups excluding tert-OH is 10. The number of hydrogen-bond acceptors (Lipinski definition) is 14. The third kappa shape index (κ3) is 21.0. The largest absolute Gasteiger partial charge is 0.394 e. The van der Waals surface area contributed by atoms with Crippen LogP contribution in [0.1, 0.15) is 118 Å². The molecule has 10 N–H and O–H groups in total. The average molecular weight is 781 g/mol. The molecule has 4 aliphatic rings. The second-order valence-corrected chi connectivity index (χ2v) is 12.7. The molecule has 14 heteroatoms. The van der Waals surface area contributed by atoms with E-state index in [9.17, 15) is 30.6 Å². The zero-order valence-electron chi connectivity index (χ0n) is 35.3. The Hall–Kier alpha value is -0.560. The number of rotatable bonds is 2. The van der Waals surface area contributed by atoms with Crippen molar-refractivity contribution in [1.29, 1.82) is 0 Å². The van der Waals surface area contributed by atoms with Crippen LogP contribution in [0, 0.1) is 23.7 Å². The van der Waals surface area contributed by atoms with Gasteiger partial charge in [0.25, 0.3) is 0 Å². The van der Waals surface area contributed by atoms with Crippen LogP contribution in [0.15, 0.2) is 0 Å². The molecule has 0 spiro atoms. The first-order valence-electron chi connectivity index (χ1n) is 19.6. The van der Waals surface area contributed by atoms with Crippen molar-refractivity contribution >= 4 is 0 Å². The van der Waals surface area contributed by atoms with Gasteiger partial charge >= 0.3 is 0 Å². The SMILES string of the molecule is C.CC.CC.CC.CC.C[C@@H]1[C@@H](O)[C@@H](O)CO[C@H]1C.C[C@@H]1[C@@H](O)[C@@H](O)[C@@H](CO)O[C@H]1C.C[C@@H]1[C@@H](O)[C@H](O)CO[C@H]1C.C[C@@H]1[C@@H](O)[C@H](O)[C@@H](CO)O[C@H]1C. The Bertz CT molecular complexity index is 683. The van der Waals surface area contributed by atoms with Crippen molar-refractivity contribution in [2.75, 3.05) is 26.4 Å². The third-order valence-corrected chi connectivity index (χ3v) is 9.57. The van der Waals surface area contributed by atoms with Gasteiger partial charge in [-0.25, -0.2) is 0 Å². The van der Waals surface area contributed by atoms with Gasteiger partial charge in [0, 0.05) is 23.7 Å². The van der Waals surface area contributed by atoms with Crippen LogP contribution in [0.4, 0.5) is 0 Å². The van der Waals surface area contributed by atoms with Crippen molar-refractivity contribution in [1.82, 2.24) is 0 Å². The summed E-state index contributed by atoms with van der Waals surface area (Å²) in [6.45, 7) is 30.8. The molecule has 0 aromatic heterocycles. The number of hydrogen-bond donors (Lipinski definition) is 10. The summed E-state index contributed by atoms with van der Waals surface area (Å²) in [5.41, 5.74) is 0. The van der Waals surface area contributed by atoms with E-state index in [4.69, 9.17) is 39.4 Å². The van der Waals surface area contributed by atoms with Crippen molar-refractivity contribution in [3.63, 3.8) is 0 Å². The van der Waals surface area contributed by atoms with Crippen LogP contribution in [0.5, 0.6) is 0 Å². The predicted molar refractivity (Wildman–Crippen MR) is 211 cm³/mol. The minimum absolute atomic E-state index is 0. The minimum Gasteiger partial charge on any atom is -0.394 e. The Morgan fingerprint density at radius 2 is 0.604 bits per heavy atom. The summed E-state index contributed by atoms with van der Waals surface area (Å²) < 4.78 is 20.9. The van der Waals surface area contributed by atoms with Gasteiger partial charge in [-0.05, 0) is 27.7 Å². The second kappa shape index (κ2) is 34.7. The van der Waals surface area contributed by atoms with E-state index in [1.807, 2.05) is 111 Å². The summed E-state index contributed by atoms with van der Waals surface area (Å²) in [7, 11) is 0. The average Bonchev–Trinajstić information content (AvgIpc) is 3.18. The molecule has 0 unspecified atom stereocenters. The Morgan fingerprint density at radius 1 is 0.377 bits per heavy atom. The first-order chi connectivity index (χ1) is 24.4. The summed E-state index contributed by atoms with van der Waals surface area (Å²) in [6, 6.07) is 0. The molecule has 4 heterocycles. The lowest BCUT2D eigenvalue weighted by Crippen LogP contribution is -2.53. The molecule has 4 saturated heterocycles. The van der Waals surface area contributed by atoms with Gasteiger partial charge in [0.2, 0.25) is 0 Å². The maximum Gasteiger partial charge on any atom is 0.109 e. The highest BCUT2D eigenvalue weighted by Gasteiger charge is 2.40. The fourth-order valence-electron chi connectivity index (χ4n) is 5.14. The van der Waals surface area contributed by atoms with Gasteiger partial charge < -0.3 is 70.0 Å². The van der Waals surface area contributed by atoms with E-state index < -0.39 is 61.0 Å². The van der Waals surface area contributed by atoms with Crippen LogP contribution in [0.3, 0.4) is 0 Å². The molecule has 4 aliphatic heterocycles. The molecule has 0 bridgehead atoms. The van der Waals surface area contributed by atoms with E-state index in [-0.39, 0.29) is 81.9 Å². The molecule has 0 amide bonds. The number of ether oxygens (including phenoxy) is 4. The van der Waals surface area contributed by atoms with Crippen LogP contribution in [-0.2, 0) is 18.9 Å². The van der Waals surface area contributed by atoms with E-state index in [1.165, 1.54) is 0 Å². The molecule has 0 aliphatic carbocycles. The third-order valence-electron chi connectivity index (χ3n) is 9.57. The van der Waals surface area contributed by atoms with Crippen molar-refractivity contribution in [3.05, 3.63) is 0 Å². The lowest BCUT2D eigenvalue weighted by molar-refractivity contribution is -0.200. The number of aliphatic hydroxyl groups is 10. The Balaban J connectivity index is -0.000000181. The van der Waals surface area contributed by atoms with Gasteiger partial charge in [-0.1, -0.05) is 90.5 Å². The topological polar surface area (TPSA) is 239 Å². The molecule has 0 radical (unpaired) electrons. The van der Waals surface area contributed by atoms with Gasteiger partial charge in [0.05, 0.1) is 75.3 Å². The monoisotopic (exact) mass is 781 g/mol. The van der Waals surface area contributed by atoms with Crippen LogP contribution < -0.4 is 0 Å². The zero-order valence-corrected chi connectivity index (χ0v) is 35.3.